The van der Waals surface area contributed by atoms with Gasteiger partial charge in [0.05, 0.1) is 0 Å². The second-order valence-electron chi connectivity index (χ2n) is 5.87. The van der Waals surface area contributed by atoms with Crippen LogP contribution in [0.3, 0.4) is 0 Å². The summed E-state index contributed by atoms with van der Waals surface area (Å²) in [4.78, 5) is 2.76. The first-order valence-electron chi connectivity index (χ1n) is 7.29. The Bertz CT molecular complexity index is 226. The van der Waals surface area contributed by atoms with Gasteiger partial charge in [-0.1, -0.05) is 6.92 Å². The lowest BCUT2D eigenvalue weighted by molar-refractivity contribution is 0.129. The highest BCUT2D eigenvalue weighted by atomic mass is 32.2. The maximum Gasteiger partial charge on any atom is 0.0215 e. The standard InChI is InChI=1S/C14H28N2S/c1-11(2)16(10-13-6-4-8-15-13)14-7-5-9-17-12(14)3/h11-15H,4-10H2,1-3H3. The smallest absolute Gasteiger partial charge is 0.0215 e. The summed E-state index contributed by atoms with van der Waals surface area (Å²) in [5, 5.41) is 4.46. The van der Waals surface area contributed by atoms with E-state index in [1.807, 2.05) is 0 Å². The molecule has 0 aromatic carbocycles. The zero-order chi connectivity index (χ0) is 12.3. The Hall–Kier alpha value is 0.270. The van der Waals surface area contributed by atoms with Gasteiger partial charge in [0.25, 0.3) is 0 Å². The van der Waals surface area contributed by atoms with Gasteiger partial charge in [0.1, 0.15) is 0 Å². The van der Waals surface area contributed by atoms with Crippen molar-refractivity contribution in [2.24, 2.45) is 0 Å². The van der Waals surface area contributed by atoms with Gasteiger partial charge >= 0.3 is 0 Å². The molecule has 0 aliphatic carbocycles. The Kier molecular flexibility index (Phi) is 5.19. The van der Waals surface area contributed by atoms with Crippen LogP contribution >= 0.6 is 11.8 Å². The van der Waals surface area contributed by atoms with Gasteiger partial charge in [-0.15, -0.1) is 0 Å². The first kappa shape index (κ1) is 13.7. The van der Waals surface area contributed by atoms with Crippen LogP contribution in [-0.2, 0) is 0 Å². The van der Waals surface area contributed by atoms with Gasteiger partial charge in [-0.2, -0.15) is 11.8 Å². The average molecular weight is 256 g/mol. The van der Waals surface area contributed by atoms with E-state index >= 15 is 0 Å². The quantitative estimate of drug-likeness (QED) is 0.832. The van der Waals surface area contributed by atoms with E-state index in [0.29, 0.717) is 6.04 Å². The Morgan fingerprint density at radius 3 is 2.71 bits per heavy atom. The van der Waals surface area contributed by atoms with Crippen molar-refractivity contribution in [3.8, 4) is 0 Å². The fraction of sp³-hybridized carbons (Fsp3) is 1.00. The second-order valence-corrected chi connectivity index (χ2v) is 7.35. The molecule has 2 saturated heterocycles. The maximum absolute atomic E-state index is 3.65. The normalized spacial score (nSPS) is 34.8. The van der Waals surface area contributed by atoms with Crippen molar-refractivity contribution in [3.63, 3.8) is 0 Å². The highest BCUT2D eigenvalue weighted by Gasteiger charge is 2.31. The average Bonchev–Trinajstić information content (AvgIpc) is 2.79. The molecular weight excluding hydrogens is 228 g/mol. The lowest BCUT2D eigenvalue weighted by atomic mass is 10.0. The van der Waals surface area contributed by atoms with Crippen LogP contribution in [0, 0.1) is 0 Å². The monoisotopic (exact) mass is 256 g/mol. The third-order valence-electron chi connectivity index (χ3n) is 4.25. The van der Waals surface area contributed by atoms with Crippen LogP contribution in [0.2, 0.25) is 0 Å². The molecule has 0 aromatic heterocycles. The summed E-state index contributed by atoms with van der Waals surface area (Å²) in [7, 11) is 0. The van der Waals surface area contributed by atoms with E-state index < -0.39 is 0 Å². The molecule has 0 radical (unpaired) electrons. The third kappa shape index (κ3) is 3.62. The van der Waals surface area contributed by atoms with Gasteiger partial charge in [-0.25, -0.2) is 0 Å². The molecule has 3 unspecified atom stereocenters. The summed E-state index contributed by atoms with van der Waals surface area (Å²) in [5.74, 6) is 1.37. The van der Waals surface area contributed by atoms with E-state index in [1.54, 1.807) is 0 Å². The minimum absolute atomic E-state index is 0.684. The molecule has 17 heavy (non-hydrogen) atoms. The van der Waals surface area contributed by atoms with E-state index in [2.05, 4.69) is 42.7 Å². The molecule has 3 heteroatoms. The minimum Gasteiger partial charge on any atom is -0.313 e. The van der Waals surface area contributed by atoms with Crippen LogP contribution in [0.1, 0.15) is 46.5 Å². The highest BCUT2D eigenvalue weighted by Crippen LogP contribution is 2.30. The van der Waals surface area contributed by atoms with Crippen molar-refractivity contribution in [2.75, 3.05) is 18.8 Å². The molecule has 1 N–H and O–H groups in total. The van der Waals surface area contributed by atoms with E-state index in [1.165, 1.54) is 44.5 Å². The van der Waals surface area contributed by atoms with Crippen LogP contribution in [0.25, 0.3) is 0 Å². The zero-order valence-electron chi connectivity index (χ0n) is 11.6. The number of nitrogens with zero attached hydrogens (tertiary/aromatic N) is 1. The van der Waals surface area contributed by atoms with Gasteiger partial charge in [0.15, 0.2) is 0 Å². The van der Waals surface area contributed by atoms with E-state index in [-0.39, 0.29) is 0 Å². The predicted molar refractivity (Wildman–Crippen MR) is 77.8 cm³/mol. The fourth-order valence-electron chi connectivity index (χ4n) is 3.24. The molecule has 3 atom stereocenters. The van der Waals surface area contributed by atoms with E-state index in [9.17, 15) is 0 Å². The van der Waals surface area contributed by atoms with Gasteiger partial charge in [-0.05, 0) is 51.8 Å². The molecule has 2 rings (SSSR count). The van der Waals surface area contributed by atoms with Crippen LogP contribution in [0.5, 0.6) is 0 Å². The second kappa shape index (κ2) is 6.44. The number of thioether (sulfide) groups is 1. The van der Waals surface area contributed by atoms with Crippen LogP contribution in [0.4, 0.5) is 0 Å². The van der Waals surface area contributed by atoms with Crippen molar-refractivity contribution in [1.29, 1.82) is 0 Å². The molecule has 2 heterocycles. The van der Waals surface area contributed by atoms with Gasteiger partial charge in [0, 0.05) is 29.9 Å². The van der Waals surface area contributed by atoms with Crippen LogP contribution < -0.4 is 5.32 Å². The lowest BCUT2D eigenvalue weighted by Gasteiger charge is -2.42. The topological polar surface area (TPSA) is 15.3 Å². The number of nitrogens with one attached hydrogen (secondary N) is 1. The first-order valence-corrected chi connectivity index (χ1v) is 8.34. The molecule has 0 amide bonds. The van der Waals surface area contributed by atoms with Crippen molar-refractivity contribution in [3.05, 3.63) is 0 Å². The number of hydrogen-bond donors (Lipinski definition) is 1. The van der Waals surface area contributed by atoms with Crippen LogP contribution in [-0.4, -0.2) is 47.1 Å². The van der Waals surface area contributed by atoms with Gasteiger partial charge in [0.2, 0.25) is 0 Å². The van der Waals surface area contributed by atoms with Crippen LogP contribution in [0.15, 0.2) is 0 Å². The summed E-state index contributed by atoms with van der Waals surface area (Å²) >= 11 is 2.17. The molecule has 2 nitrogen and oxygen atoms in total. The van der Waals surface area contributed by atoms with Gasteiger partial charge in [-0.3, -0.25) is 4.90 Å². The zero-order valence-corrected chi connectivity index (χ0v) is 12.4. The minimum atomic E-state index is 0.684. The van der Waals surface area contributed by atoms with Crippen molar-refractivity contribution >= 4 is 11.8 Å². The molecular formula is C14H28N2S. The number of hydrogen-bond acceptors (Lipinski definition) is 3. The first-order chi connectivity index (χ1) is 8.18. The molecule has 2 fully saturated rings. The Balaban J connectivity index is 1.94. The summed E-state index contributed by atoms with van der Waals surface area (Å²) < 4.78 is 0. The Morgan fingerprint density at radius 1 is 1.29 bits per heavy atom. The highest BCUT2D eigenvalue weighted by molar-refractivity contribution is 7.99. The van der Waals surface area contributed by atoms with E-state index in [0.717, 1.165) is 17.3 Å². The summed E-state index contributed by atoms with van der Waals surface area (Å²) in [5.41, 5.74) is 0. The van der Waals surface area contributed by atoms with Crippen molar-refractivity contribution < 1.29 is 0 Å². The maximum atomic E-state index is 3.65. The van der Waals surface area contributed by atoms with Gasteiger partial charge < -0.3 is 5.32 Å². The summed E-state index contributed by atoms with van der Waals surface area (Å²) in [6.45, 7) is 9.63. The van der Waals surface area contributed by atoms with E-state index in [4.69, 9.17) is 0 Å². The summed E-state index contributed by atoms with van der Waals surface area (Å²) in [6.07, 6.45) is 5.54. The third-order valence-corrected chi connectivity index (χ3v) is 5.61. The fourth-order valence-corrected chi connectivity index (χ4v) is 4.46. The lowest BCUT2D eigenvalue weighted by Crippen LogP contribution is -2.51. The van der Waals surface area contributed by atoms with Crippen molar-refractivity contribution in [2.45, 2.75) is 69.8 Å². The van der Waals surface area contributed by atoms with Crippen molar-refractivity contribution in [1.82, 2.24) is 10.2 Å². The number of rotatable bonds is 4. The molecule has 0 spiro atoms. The SMILES string of the molecule is CC1SCCCC1N(CC1CCCN1)C(C)C. The summed E-state index contributed by atoms with van der Waals surface area (Å²) in [6, 6.07) is 2.23. The largest absolute Gasteiger partial charge is 0.313 e. The predicted octanol–water partition coefficient (Wildman–Crippen LogP) is 2.73. The molecule has 2 aliphatic rings. The Morgan fingerprint density at radius 2 is 2.12 bits per heavy atom. The molecule has 0 bridgehead atoms. The molecule has 100 valence electrons. The molecule has 0 aromatic rings. The molecule has 0 saturated carbocycles. The Labute approximate surface area is 111 Å². The molecule has 2 aliphatic heterocycles.